The molecule has 0 aromatic heterocycles. The van der Waals surface area contributed by atoms with E-state index in [4.69, 9.17) is 9.47 Å². The van der Waals surface area contributed by atoms with Crippen molar-refractivity contribution in [3.63, 3.8) is 0 Å². The van der Waals surface area contributed by atoms with Gasteiger partial charge in [-0.1, -0.05) is 19.8 Å². The lowest BCUT2D eigenvalue weighted by Gasteiger charge is -2.59. The van der Waals surface area contributed by atoms with Gasteiger partial charge in [0.15, 0.2) is 5.92 Å². The summed E-state index contributed by atoms with van der Waals surface area (Å²) in [6.07, 6.45) is 2.86. The lowest BCUT2D eigenvalue weighted by atomic mass is 9.80. The molecule has 8 heteroatoms. The van der Waals surface area contributed by atoms with E-state index >= 15 is 0 Å². The summed E-state index contributed by atoms with van der Waals surface area (Å²) in [5.74, 6) is -2.11. The molecule has 0 saturated carbocycles. The fraction of sp³-hybridized carbons (Fsp3) is 0.920. The van der Waals surface area contributed by atoms with Crippen LogP contribution in [0.2, 0.25) is 0 Å². The third-order valence-electron chi connectivity index (χ3n) is 7.14. The normalized spacial score (nSPS) is 26.5. The van der Waals surface area contributed by atoms with Crippen LogP contribution in [0.15, 0.2) is 0 Å². The summed E-state index contributed by atoms with van der Waals surface area (Å²) in [5, 5.41) is 25.5. The first-order valence-electron chi connectivity index (χ1n) is 12.3. The Hall–Kier alpha value is -1.22. The summed E-state index contributed by atoms with van der Waals surface area (Å²) in [6.45, 7) is 17.0. The summed E-state index contributed by atoms with van der Waals surface area (Å²) < 4.78 is 11.7. The molecule has 2 saturated heterocycles. The maximum atomic E-state index is 13.2. The quantitative estimate of drug-likeness (QED) is 0.419. The standard InChI is InChI=1S/C25H45N2O6/c1-10-11-12-19(20(28)32-17-13-22(2,3)26(30)23(4,5)14-17)21(29)33-18-15-24(6,7)27(31)25(8,9)16-18/h17-19,30H,10-16H2,1-9H3/q-1. The average molecular weight is 470 g/mol. The minimum Gasteiger partial charge on any atom is -0.784 e. The van der Waals surface area contributed by atoms with Gasteiger partial charge in [-0.3, -0.25) is 9.59 Å². The Morgan fingerprint density at radius 1 is 0.848 bits per heavy atom. The molecule has 0 spiro atoms. The van der Waals surface area contributed by atoms with Crippen LogP contribution in [0.3, 0.4) is 0 Å². The van der Waals surface area contributed by atoms with E-state index in [1.807, 2.05) is 62.3 Å². The Bertz CT molecular complexity index is 626. The smallest absolute Gasteiger partial charge is 0.320 e. The number of esters is 2. The van der Waals surface area contributed by atoms with Gasteiger partial charge in [-0.25, -0.2) is 0 Å². The van der Waals surface area contributed by atoms with Gasteiger partial charge in [0.2, 0.25) is 0 Å². The highest BCUT2D eigenvalue weighted by molar-refractivity contribution is 5.95. The first-order chi connectivity index (χ1) is 14.9. The van der Waals surface area contributed by atoms with Crippen molar-refractivity contribution in [3.05, 3.63) is 5.21 Å². The summed E-state index contributed by atoms with van der Waals surface area (Å²) in [6, 6.07) is 0. The second-order valence-corrected chi connectivity index (χ2v) is 12.5. The highest BCUT2D eigenvalue weighted by Crippen LogP contribution is 2.40. The summed E-state index contributed by atoms with van der Waals surface area (Å²) in [4.78, 5) is 26.3. The first kappa shape index (κ1) is 28.0. The van der Waals surface area contributed by atoms with Crippen molar-refractivity contribution in [3.8, 4) is 0 Å². The summed E-state index contributed by atoms with van der Waals surface area (Å²) in [7, 11) is 0. The SMILES string of the molecule is CCCCC(C(=O)OC1CC(C)(C)N([O-])C(C)(C)C1)C(=O)OC1CC(C)(C)N(O)C(C)(C)C1. The van der Waals surface area contributed by atoms with Gasteiger partial charge < -0.3 is 25.0 Å². The van der Waals surface area contributed by atoms with Gasteiger partial charge in [0, 0.05) is 47.8 Å². The lowest BCUT2D eigenvalue weighted by Crippen LogP contribution is -2.61. The minimum atomic E-state index is -0.986. The van der Waals surface area contributed by atoms with Crippen molar-refractivity contribution < 1.29 is 24.3 Å². The molecule has 2 heterocycles. The molecule has 2 fully saturated rings. The zero-order valence-electron chi connectivity index (χ0n) is 22.1. The van der Waals surface area contributed by atoms with E-state index in [0.717, 1.165) is 11.5 Å². The molecule has 192 valence electrons. The second kappa shape index (κ2) is 9.80. The molecule has 2 rings (SSSR count). The number of unbranched alkanes of at least 4 members (excludes halogenated alkanes) is 1. The third kappa shape index (κ3) is 6.47. The second-order valence-electron chi connectivity index (χ2n) is 12.5. The van der Waals surface area contributed by atoms with Crippen molar-refractivity contribution in [1.29, 1.82) is 0 Å². The molecule has 33 heavy (non-hydrogen) atoms. The monoisotopic (exact) mass is 469 g/mol. The van der Waals surface area contributed by atoms with E-state index in [9.17, 15) is 20.0 Å². The largest absolute Gasteiger partial charge is 0.784 e. The van der Waals surface area contributed by atoms with Crippen LogP contribution in [0, 0.1) is 11.1 Å². The first-order valence-corrected chi connectivity index (χ1v) is 12.3. The molecule has 1 atom stereocenters. The third-order valence-corrected chi connectivity index (χ3v) is 7.14. The topological polar surface area (TPSA) is 102 Å². The van der Waals surface area contributed by atoms with Gasteiger partial charge in [-0.2, -0.15) is 5.06 Å². The van der Waals surface area contributed by atoms with Gasteiger partial charge in [0.1, 0.15) is 12.2 Å². The van der Waals surface area contributed by atoms with Crippen LogP contribution in [-0.4, -0.2) is 61.6 Å². The van der Waals surface area contributed by atoms with Crippen molar-refractivity contribution in [1.82, 2.24) is 10.1 Å². The molecule has 0 bridgehead atoms. The van der Waals surface area contributed by atoms with Crippen LogP contribution < -0.4 is 0 Å². The number of carbonyl (C=O) groups excluding carboxylic acids is 2. The van der Waals surface area contributed by atoms with E-state index in [0.29, 0.717) is 38.5 Å². The number of rotatable bonds is 7. The Labute approximate surface area is 199 Å². The van der Waals surface area contributed by atoms with E-state index < -0.39 is 52.2 Å². The number of hydroxylamine groups is 4. The molecule has 0 amide bonds. The fourth-order valence-corrected chi connectivity index (χ4v) is 5.75. The number of piperidine rings is 2. The van der Waals surface area contributed by atoms with E-state index in [1.165, 1.54) is 5.06 Å². The van der Waals surface area contributed by atoms with Crippen LogP contribution in [-0.2, 0) is 19.1 Å². The van der Waals surface area contributed by atoms with Gasteiger partial charge in [-0.05, 0) is 61.8 Å². The van der Waals surface area contributed by atoms with Gasteiger partial charge in [-0.15, -0.1) is 0 Å². The molecule has 0 aromatic rings. The molecule has 2 aliphatic heterocycles. The molecular weight excluding hydrogens is 424 g/mol. The maximum Gasteiger partial charge on any atom is 0.320 e. The predicted molar refractivity (Wildman–Crippen MR) is 126 cm³/mol. The maximum absolute atomic E-state index is 13.2. The molecule has 1 N–H and O–H groups in total. The van der Waals surface area contributed by atoms with Crippen LogP contribution in [0.4, 0.5) is 0 Å². The summed E-state index contributed by atoms with van der Waals surface area (Å²) >= 11 is 0. The molecule has 0 aromatic carbocycles. The number of carbonyl (C=O) groups is 2. The van der Waals surface area contributed by atoms with Gasteiger partial charge in [0.05, 0.1) is 0 Å². The lowest BCUT2D eigenvalue weighted by molar-refractivity contribution is -0.260. The molecule has 0 aliphatic carbocycles. The van der Waals surface area contributed by atoms with Crippen molar-refractivity contribution in [2.45, 2.75) is 142 Å². The van der Waals surface area contributed by atoms with Gasteiger partial charge >= 0.3 is 11.9 Å². The molecular formula is C25H45N2O6-. The van der Waals surface area contributed by atoms with Crippen molar-refractivity contribution >= 4 is 11.9 Å². The number of hydrogen-bond acceptors (Lipinski definition) is 8. The molecule has 1 unspecified atom stereocenters. The van der Waals surface area contributed by atoms with Gasteiger partial charge in [0.25, 0.3) is 0 Å². The van der Waals surface area contributed by atoms with Crippen molar-refractivity contribution in [2.75, 3.05) is 0 Å². The van der Waals surface area contributed by atoms with E-state index in [1.54, 1.807) is 0 Å². The Kier molecular flexibility index (Phi) is 8.32. The minimum absolute atomic E-state index is 0.368. The molecule has 8 nitrogen and oxygen atoms in total. The number of ether oxygens (including phenoxy) is 2. The zero-order chi connectivity index (χ0) is 25.4. The predicted octanol–water partition coefficient (Wildman–Crippen LogP) is 4.81. The highest BCUT2D eigenvalue weighted by atomic mass is 16.6. The zero-order valence-corrected chi connectivity index (χ0v) is 22.1. The average Bonchev–Trinajstić information content (AvgIpc) is 2.63. The van der Waals surface area contributed by atoms with Crippen LogP contribution >= 0.6 is 0 Å². The Balaban J connectivity index is 2.12. The van der Waals surface area contributed by atoms with E-state index in [2.05, 4.69) is 0 Å². The van der Waals surface area contributed by atoms with Crippen molar-refractivity contribution in [2.24, 2.45) is 5.92 Å². The summed E-state index contributed by atoms with van der Waals surface area (Å²) in [5.41, 5.74) is -2.45. The Morgan fingerprint density at radius 3 is 1.58 bits per heavy atom. The van der Waals surface area contributed by atoms with Crippen LogP contribution in [0.5, 0.6) is 0 Å². The molecule has 2 aliphatic rings. The Morgan fingerprint density at radius 2 is 1.21 bits per heavy atom. The van der Waals surface area contributed by atoms with Crippen LogP contribution in [0.1, 0.15) is 107 Å². The highest BCUT2D eigenvalue weighted by Gasteiger charge is 2.47. The van der Waals surface area contributed by atoms with E-state index in [-0.39, 0.29) is 0 Å². The molecule has 0 radical (unpaired) electrons. The van der Waals surface area contributed by atoms with Crippen LogP contribution in [0.25, 0.3) is 0 Å². The number of hydrogen-bond donors (Lipinski definition) is 1. The number of nitrogens with zero attached hydrogens (tertiary/aromatic N) is 2. The fourth-order valence-electron chi connectivity index (χ4n) is 5.75.